The van der Waals surface area contributed by atoms with Gasteiger partial charge < -0.3 is 14.5 Å². The van der Waals surface area contributed by atoms with Crippen LogP contribution in [0.1, 0.15) is 25.5 Å². The first kappa shape index (κ1) is 13.5. The van der Waals surface area contributed by atoms with E-state index in [0.717, 1.165) is 19.4 Å². The Hall–Kier alpha value is -0.890. The van der Waals surface area contributed by atoms with Crippen molar-refractivity contribution in [3.05, 3.63) is 17.9 Å². The van der Waals surface area contributed by atoms with E-state index < -0.39 is 10.0 Å². The van der Waals surface area contributed by atoms with Crippen LogP contribution in [0, 0.1) is 0 Å². The highest BCUT2D eigenvalue weighted by Crippen LogP contribution is 2.24. The maximum Gasteiger partial charge on any atom is 0.271 e. The summed E-state index contributed by atoms with van der Waals surface area (Å²) in [7, 11) is -3.75. The molecular formula is C11H18N2O4S. The molecule has 0 amide bonds. The van der Waals surface area contributed by atoms with Gasteiger partial charge >= 0.3 is 0 Å². The highest BCUT2D eigenvalue weighted by atomic mass is 32.2. The highest BCUT2D eigenvalue weighted by molar-refractivity contribution is 7.89. The Bertz CT molecular complexity index is 503. The summed E-state index contributed by atoms with van der Waals surface area (Å²) in [6.07, 6.45) is 2.11. The zero-order valence-electron chi connectivity index (χ0n) is 10.3. The van der Waals surface area contributed by atoms with Crippen LogP contribution in [0.3, 0.4) is 0 Å². The van der Waals surface area contributed by atoms with E-state index in [-0.39, 0.29) is 10.7 Å². The fourth-order valence-electron chi connectivity index (χ4n) is 2.03. The second-order valence-electron chi connectivity index (χ2n) is 4.77. The first-order valence-electron chi connectivity index (χ1n) is 5.85. The summed E-state index contributed by atoms with van der Waals surface area (Å²) in [5.74, 6) is 0.542. The van der Waals surface area contributed by atoms with Gasteiger partial charge in [-0.05, 0) is 31.9 Å². The van der Waals surface area contributed by atoms with Crippen LogP contribution in [0.5, 0.6) is 0 Å². The summed E-state index contributed by atoms with van der Waals surface area (Å²) in [5, 5.41) is 7.95. The molecule has 2 rings (SSSR count). The standard InChI is InChI=1S/C11H18N2O4S/c1-11(5-2-6-16-11)8-13-7-9-3-4-10(17-9)18(12,14)15/h3-4,13H,2,5-8H2,1H3,(H2,12,14,15). The molecule has 1 fully saturated rings. The summed E-state index contributed by atoms with van der Waals surface area (Å²) in [6.45, 7) is 4.02. The third kappa shape index (κ3) is 3.32. The molecule has 1 unspecified atom stereocenters. The summed E-state index contributed by atoms with van der Waals surface area (Å²) >= 11 is 0. The van der Waals surface area contributed by atoms with E-state index in [1.54, 1.807) is 6.07 Å². The van der Waals surface area contributed by atoms with E-state index in [1.165, 1.54) is 6.07 Å². The minimum absolute atomic E-state index is 0.130. The van der Waals surface area contributed by atoms with E-state index >= 15 is 0 Å². The lowest BCUT2D eigenvalue weighted by Gasteiger charge is -2.23. The van der Waals surface area contributed by atoms with Crippen molar-refractivity contribution in [3.8, 4) is 0 Å². The molecule has 2 heterocycles. The van der Waals surface area contributed by atoms with Crippen LogP contribution in [0.4, 0.5) is 0 Å². The van der Waals surface area contributed by atoms with Gasteiger partial charge in [0.2, 0.25) is 5.09 Å². The molecule has 3 N–H and O–H groups in total. The molecule has 6 nitrogen and oxygen atoms in total. The van der Waals surface area contributed by atoms with Gasteiger partial charge in [0.1, 0.15) is 5.76 Å². The number of primary sulfonamides is 1. The SMILES string of the molecule is CC1(CNCc2ccc(S(N)(=O)=O)o2)CCCO1. The normalized spacial score (nSPS) is 24.6. The van der Waals surface area contributed by atoms with Gasteiger partial charge in [-0.1, -0.05) is 0 Å². The number of sulfonamides is 1. The molecule has 0 radical (unpaired) electrons. The van der Waals surface area contributed by atoms with Gasteiger partial charge in [0.15, 0.2) is 0 Å². The lowest BCUT2D eigenvalue weighted by Crippen LogP contribution is -2.36. The third-order valence-electron chi connectivity index (χ3n) is 3.02. The summed E-state index contributed by atoms with van der Waals surface area (Å²) < 4.78 is 32.8. The first-order valence-corrected chi connectivity index (χ1v) is 7.40. The topological polar surface area (TPSA) is 94.6 Å². The Morgan fingerprint density at radius 1 is 1.50 bits per heavy atom. The number of furan rings is 1. The van der Waals surface area contributed by atoms with Gasteiger partial charge in [-0.25, -0.2) is 13.6 Å². The molecule has 0 aromatic carbocycles. The molecule has 0 spiro atoms. The van der Waals surface area contributed by atoms with E-state index in [4.69, 9.17) is 14.3 Å². The average Bonchev–Trinajstić information content (AvgIpc) is 2.87. The summed E-state index contributed by atoms with van der Waals surface area (Å²) in [4.78, 5) is 0. The molecule has 18 heavy (non-hydrogen) atoms. The molecule has 0 bridgehead atoms. The van der Waals surface area contributed by atoms with E-state index in [2.05, 4.69) is 12.2 Å². The highest BCUT2D eigenvalue weighted by Gasteiger charge is 2.29. The zero-order chi connectivity index (χ0) is 13.2. The predicted octanol–water partition coefficient (Wildman–Crippen LogP) is 0.586. The number of ether oxygens (including phenoxy) is 1. The average molecular weight is 274 g/mol. The van der Waals surface area contributed by atoms with Crippen molar-refractivity contribution in [2.24, 2.45) is 5.14 Å². The Morgan fingerprint density at radius 2 is 2.28 bits per heavy atom. The van der Waals surface area contributed by atoms with Crippen LogP contribution in [-0.2, 0) is 21.3 Å². The smallest absolute Gasteiger partial charge is 0.271 e. The maximum absolute atomic E-state index is 11.0. The van der Waals surface area contributed by atoms with Crippen molar-refractivity contribution in [1.29, 1.82) is 0 Å². The molecule has 0 saturated carbocycles. The molecule has 7 heteroatoms. The molecule has 0 aliphatic carbocycles. The number of nitrogens with one attached hydrogen (secondary N) is 1. The second kappa shape index (κ2) is 5.00. The van der Waals surface area contributed by atoms with Crippen LogP contribution in [0.2, 0.25) is 0 Å². The summed E-state index contributed by atoms with van der Waals surface area (Å²) in [6, 6.07) is 2.96. The van der Waals surface area contributed by atoms with Crippen LogP contribution >= 0.6 is 0 Å². The number of hydrogen-bond donors (Lipinski definition) is 2. The third-order valence-corrected chi connectivity index (χ3v) is 3.80. The molecule has 1 aromatic rings. The fourth-order valence-corrected chi connectivity index (χ4v) is 2.51. The van der Waals surface area contributed by atoms with Crippen LogP contribution in [0.15, 0.2) is 21.6 Å². The first-order chi connectivity index (χ1) is 8.39. The number of rotatable bonds is 5. The Labute approximate surface area is 107 Å². The van der Waals surface area contributed by atoms with Crippen molar-refractivity contribution in [2.45, 2.75) is 37.0 Å². The van der Waals surface area contributed by atoms with Gasteiger partial charge in [-0.15, -0.1) is 0 Å². The maximum atomic E-state index is 11.0. The molecule has 1 aliphatic rings. The van der Waals surface area contributed by atoms with E-state index in [0.29, 0.717) is 18.8 Å². The lowest BCUT2D eigenvalue weighted by atomic mass is 10.0. The Balaban J connectivity index is 1.85. The van der Waals surface area contributed by atoms with Gasteiger partial charge in [-0.2, -0.15) is 0 Å². The summed E-state index contributed by atoms with van der Waals surface area (Å²) in [5.41, 5.74) is -0.130. The van der Waals surface area contributed by atoms with E-state index in [9.17, 15) is 8.42 Å². The van der Waals surface area contributed by atoms with Crippen molar-refractivity contribution < 1.29 is 17.6 Å². The largest absolute Gasteiger partial charge is 0.447 e. The van der Waals surface area contributed by atoms with E-state index in [1.807, 2.05) is 0 Å². The van der Waals surface area contributed by atoms with Gasteiger partial charge in [0.05, 0.1) is 12.1 Å². The Morgan fingerprint density at radius 3 is 2.83 bits per heavy atom. The van der Waals surface area contributed by atoms with Crippen LogP contribution in [0.25, 0.3) is 0 Å². The van der Waals surface area contributed by atoms with Crippen molar-refractivity contribution in [3.63, 3.8) is 0 Å². The van der Waals surface area contributed by atoms with Crippen LogP contribution < -0.4 is 10.5 Å². The number of hydrogen-bond acceptors (Lipinski definition) is 5. The zero-order valence-corrected chi connectivity index (χ0v) is 11.1. The quantitative estimate of drug-likeness (QED) is 0.819. The minimum atomic E-state index is -3.75. The minimum Gasteiger partial charge on any atom is -0.447 e. The Kier molecular flexibility index (Phi) is 3.76. The molecule has 1 saturated heterocycles. The van der Waals surface area contributed by atoms with Gasteiger partial charge in [-0.3, -0.25) is 0 Å². The predicted molar refractivity (Wildman–Crippen MR) is 65.4 cm³/mol. The molecule has 1 aromatic heterocycles. The lowest BCUT2D eigenvalue weighted by molar-refractivity contribution is 0.0203. The molecule has 102 valence electrons. The fraction of sp³-hybridized carbons (Fsp3) is 0.636. The molecule has 1 atom stereocenters. The molecule has 1 aliphatic heterocycles. The van der Waals surface area contributed by atoms with Crippen molar-refractivity contribution >= 4 is 10.0 Å². The van der Waals surface area contributed by atoms with Gasteiger partial charge in [0, 0.05) is 13.2 Å². The monoisotopic (exact) mass is 274 g/mol. The van der Waals surface area contributed by atoms with Gasteiger partial charge in [0.25, 0.3) is 10.0 Å². The molecular weight excluding hydrogens is 256 g/mol. The van der Waals surface area contributed by atoms with Crippen LogP contribution in [-0.4, -0.2) is 27.2 Å². The second-order valence-corrected chi connectivity index (χ2v) is 6.26. The van der Waals surface area contributed by atoms with Crippen molar-refractivity contribution in [1.82, 2.24) is 5.32 Å². The van der Waals surface area contributed by atoms with Crippen molar-refractivity contribution in [2.75, 3.05) is 13.2 Å². The number of nitrogens with two attached hydrogens (primary N) is 1.